The minimum Gasteiger partial charge on any atom is -0.444 e. The summed E-state index contributed by atoms with van der Waals surface area (Å²) in [6.07, 6.45) is 1.74. The third kappa shape index (κ3) is 4.23. The van der Waals surface area contributed by atoms with Crippen LogP contribution >= 0.6 is 24.0 Å². The van der Waals surface area contributed by atoms with Gasteiger partial charge in [0.05, 0.1) is 5.69 Å². The summed E-state index contributed by atoms with van der Waals surface area (Å²) < 4.78 is 5.59. The van der Waals surface area contributed by atoms with Crippen molar-refractivity contribution in [3.8, 4) is 11.5 Å². The van der Waals surface area contributed by atoms with Gasteiger partial charge >= 0.3 is 0 Å². The molecule has 120 valence electrons. The molecule has 0 bridgehead atoms. The van der Waals surface area contributed by atoms with Crippen LogP contribution in [0.2, 0.25) is 5.02 Å². The molecule has 1 fully saturated rings. The lowest BCUT2D eigenvalue weighted by Crippen LogP contribution is -2.53. The summed E-state index contributed by atoms with van der Waals surface area (Å²) in [7, 11) is 0. The van der Waals surface area contributed by atoms with Crippen LogP contribution in [0.3, 0.4) is 0 Å². The molecule has 1 aliphatic heterocycles. The summed E-state index contributed by atoms with van der Waals surface area (Å²) in [5, 5.41) is 4.22. The first kappa shape index (κ1) is 17.3. The van der Waals surface area contributed by atoms with Gasteiger partial charge in [-0.2, -0.15) is 0 Å². The summed E-state index contributed by atoms with van der Waals surface area (Å²) in [6.45, 7) is 7.31. The van der Waals surface area contributed by atoms with Crippen LogP contribution in [0.15, 0.2) is 34.9 Å². The number of benzene rings is 1. The second-order valence-corrected chi connectivity index (χ2v) is 6.25. The fourth-order valence-corrected chi connectivity index (χ4v) is 3.12. The number of rotatable bonds is 3. The quantitative estimate of drug-likeness (QED) is 0.925. The molecule has 0 spiro atoms. The summed E-state index contributed by atoms with van der Waals surface area (Å²) in [4.78, 5) is 6.99. The van der Waals surface area contributed by atoms with Gasteiger partial charge in [-0.3, -0.25) is 4.90 Å². The predicted molar refractivity (Wildman–Crippen MR) is 91.5 cm³/mol. The van der Waals surface area contributed by atoms with Crippen LogP contribution < -0.4 is 5.32 Å². The first-order chi connectivity index (χ1) is 10.1. The molecule has 4 nitrogen and oxygen atoms in total. The summed E-state index contributed by atoms with van der Waals surface area (Å²) in [6, 6.07) is 8.59. The van der Waals surface area contributed by atoms with Crippen molar-refractivity contribution in [3.05, 3.63) is 41.2 Å². The Bertz CT molecular complexity index is 607. The largest absolute Gasteiger partial charge is 0.444 e. The van der Waals surface area contributed by atoms with Gasteiger partial charge in [0.2, 0.25) is 5.89 Å². The van der Waals surface area contributed by atoms with E-state index in [0.29, 0.717) is 23.0 Å². The van der Waals surface area contributed by atoms with Crippen molar-refractivity contribution in [2.45, 2.75) is 32.5 Å². The maximum absolute atomic E-state index is 6.00. The van der Waals surface area contributed by atoms with E-state index in [1.54, 1.807) is 6.26 Å². The fourth-order valence-electron chi connectivity index (χ4n) is 2.93. The molecule has 1 saturated heterocycles. The summed E-state index contributed by atoms with van der Waals surface area (Å²) in [5.41, 5.74) is 1.88. The number of aromatic nitrogens is 1. The Morgan fingerprint density at radius 3 is 2.73 bits per heavy atom. The summed E-state index contributed by atoms with van der Waals surface area (Å²) in [5.74, 6) is 0.628. The Kier molecular flexibility index (Phi) is 5.87. The minimum atomic E-state index is 0. The lowest BCUT2D eigenvalue weighted by atomic mass is 10.1. The van der Waals surface area contributed by atoms with Crippen molar-refractivity contribution >= 4 is 24.0 Å². The Hall–Kier alpha value is -1.07. The zero-order chi connectivity index (χ0) is 14.8. The van der Waals surface area contributed by atoms with E-state index >= 15 is 0 Å². The highest BCUT2D eigenvalue weighted by molar-refractivity contribution is 6.30. The Labute approximate surface area is 142 Å². The summed E-state index contributed by atoms with van der Waals surface area (Å²) >= 11 is 6.00. The van der Waals surface area contributed by atoms with Crippen molar-refractivity contribution in [2.75, 3.05) is 13.1 Å². The third-order valence-corrected chi connectivity index (χ3v) is 3.88. The van der Waals surface area contributed by atoms with Gasteiger partial charge in [-0.25, -0.2) is 4.98 Å². The molecule has 1 aliphatic rings. The molecule has 6 heteroatoms. The van der Waals surface area contributed by atoms with Crippen molar-refractivity contribution in [2.24, 2.45) is 0 Å². The van der Waals surface area contributed by atoms with Gasteiger partial charge in [0.1, 0.15) is 6.26 Å². The van der Waals surface area contributed by atoms with E-state index in [1.807, 2.05) is 24.3 Å². The maximum atomic E-state index is 6.00. The van der Waals surface area contributed by atoms with Gasteiger partial charge in [0, 0.05) is 42.3 Å². The first-order valence-electron chi connectivity index (χ1n) is 7.29. The fraction of sp³-hybridized carbons (Fsp3) is 0.438. The molecule has 2 aromatic rings. The average molecular weight is 342 g/mol. The van der Waals surface area contributed by atoms with Crippen molar-refractivity contribution in [1.29, 1.82) is 0 Å². The molecule has 0 radical (unpaired) electrons. The van der Waals surface area contributed by atoms with Gasteiger partial charge in [0.25, 0.3) is 0 Å². The van der Waals surface area contributed by atoms with Crippen molar-refractivity contribution in [3.63, 3.8) is 0 Å². The van der Waals surface area contributed by atoms with E-state index in [4.69, 9.17) is 16.0 Å². The zero-order valence-corrected chi connectivity index (χ0v) is 14.3. The Morgan fingerprint density at radius 2 is 2.05 bits per heavy atom. The SMILES string of the molecule is CC1CN(Cc2coc(-c3cccc(Cl)c3)n2)CC(C)N1.Cl. The number of nitrogens with one attached hydrogen (secondary N) is 1. The Morgan fingerprint density at radius 1 is 1.32 bits per heavy atom. The highest BCUT2D eigenvalue weighted by Crippen LogP contribution is 2.22. The van der Waals surface area contributed by atoms with E-state index in [9.17, 15) is 0 Å². The van der Waals surface area contributed by atoms with Gasteiger partial charge in [-0.05, 0) is 32.0 Å². The molecule has 2 unspecified atom stereocenters. The molecule has 22 heavy (non-hydrogen) atoms. The smallest absolute Gasteiger partial charge is 0.226 e. The van der Waals surface area contributed by atoms with Crippen LogP contribution in [-0.4, -0.2) is 35.1 Å². The lowest BCUT2D eigenvalue weighted by molar-refractivity contribution is 0.165. The number of piperazine rings is 1. The van der Waals surface area contributed by atoms with Gasteiger partial charge in [0.15, 0.2) is 0 Å². The van der Waals surface area contributed by atoms with E-state index in [0.717, 1.165) is 30.9 Å². The van der Waals surface area contributed by atoms with Crippen LogP contribution in [0.25, 0.3) is 11.5 Å². The highest BCUT2D eigenvalue weighted by Gasteiger charge is 2.21. The molecule has 3 rings (SSSR count). The van der Waals surface area contributed by atoms with Crippen LogP contribution in [0.4, 0.5) is 0 Å². The first-order valence-corrected chi connectivity index (χ1v) is 7.66. The average Bonchev–Trinajstić information content (AvgIpc) is 2.86. The standard InChI is InChI=1S/C16H20ClN3O.ClH/c1-11-7-20(8-12(2)18-11)9-15-10-21-16(19-15)13-4-3-5-14(17)6-13;/h3-6,10-12,18H,7-9H2,1-2H3;1H. The zero-order valence-electron chi connectivity index (χ0n) is 12.8. The minimum absolute atomic E-state index is 0. The number of nitrogens with zero attached hydrogens (tertiary/aromatic N) is 2. The maximum Gasteiger partial charge on any atom is 0.226 e. The van der Waals surface area contributed by atoms with Crippen LogP contribution in [0.5, 0.6) is 0 Å². The highest BCUT2D eigenvalue weighted by atomic mass is 35.5. The van der Waals surface area contributed by atoms with Gasteiger partial charge < -0.3 is 9.73 Å². The van der Waals surface area contributed by atoms with E-state index < -0.39 is 0 Å². The molecular weight excluding hydrogens is 321 g/mol. The molecule has 0 amide bonds. The molecule has 2 heterocycles. The lowest BCUT2D eigenvalue weighted by Gasteiger charge is -2.35. The molecule has 0 saturated carbocycles. The van der Waals surface area contributed by atoms with Gasteiger partial charge in [-0.1, -0.05) is 17.7 Å². The van der Waals surface area contributed by atoms with E-state index in [2.05, 4.69) is 29.0 Å². The van der Waals surface area contributed by atoms with E-state index in [1.165, 1.54) is 0 Å². The van der Waals surface area contributed by atoms with Crippen LogP contribution in [0.1, 0.15) is 19.5 Å². The number of hydrogen-bond donors (Lipinski definition) is 1. The number of halogens is 2. The van der Waals surface area contributed by atoms with Crippen LogP contribution in [-0.2, 0) is 6.54 Å². The molecule has 0 aliphatic carbocycles. The second-order valence-electron chi connectivity index (χ2n) is 5.82. The predicted octanol–water partition coefficient (Wildman–Crippen LogP) is 3.60. The van der Waals surface area contributed by atoms with Gasteiger partial charge in [-0.15, -0.1) is 12.4 Å². The number of hydrogen-bond acceptors (Lipinski definition) is 4. The molecular formula is C16H21Cl2N3O. The van der Waals surface area contributed by atoms with Crippen LogP contribution in [0, 0.1) is 0 Å². The molecule has 1 aromatic heterocycles. The monoisotopic (exact) mass is 341 g/mol. The third-order valence-electron chi connectivity index (χ3n) is 3.64. The molecule has 1 aromatic carbocycles. The van der Waals surface area contributed by atoms with E-state index in [-0.39, 0.29) is 12.4 Å². The second kappa shape index (κ2) is 7.47. The Balaban J connectivity index is 0.00000176. The molecule has 1 N–H and O–H groups in total. The normalized spacial score (nSPS) is 22.3. The van der Waals surface area contributed by atoms with Crippen molar-refractivity contribution < 1.29 is 4.42 Å². The number of oxazole rings is 1. The topological polar surface area (TPSA) is 41.3 Å². The molecule has 2 atom stereocenters. The van der Waals surface area contributed by atoms with Crippen molar-refractivity contribution in [1.82, 2.24) is 15.2 Å².